The van der Waals surface area contributed by atoms with Gasteiger partial charge in [-0.1, -0.05) is 0 Å². The first kappa shape index (κ1) is 9.51. The molecule has 2 aromatic rings. The van der Waals surface area contributed by atoms with Crippen molar-refractivity contribution in [2.24, 2.45) is 0 Å². The zero-order valence-electron chi connectivity index (χ0n) is 7.87. The van der Waals surface area contributed by atoms with Crippen LogP contribution in [0.25, 0.3) is 10.9 Å². The highest BCUT2D eigenvalue weighted by Gasteiger charge is 2.16. The van der Waals surface area contributed by atoms with Crippen LogP contribution >= 0.6 is 0 Å². The molecule has 0 aliphatic rings. The molecule has 0 bridgehead atoms. The van der Waals surface area contributed by atoms with E-state index >= 15 is 0 Å². The lowest BCUT2D eigenvalue weighted by atomic mass is 10.1. The van der Waals surface area contributed by atoms with Gasteiger partial charge in [-0.2, -0.15) is 0 Å². The maximum absolute atomic E-state index is 13.4. The summed E-state index contributed by atoms with van der Waals surface area (Å²) in [7, 11) is 1.44. The highest BCUT2D eigenvalue weighted by molar-refractivity contribution is 6.05. The van der Waals surface area contributed by atoms with Gasteiger partial charge in [0.1, 0.15) is 11.6 Å². The number of H-pyrrole nitrogens is 1. The zero-order chi connectivity index (χ0) is 11.0. The molecule has 0 spiro atoms. The van der Waals surface area contributed by atoms with Gasteiger partial charge in [-0.15, -0.1) is 0 Å². The topological polar surface area (TPSA) is 62.3 Å². The molecule has 0 aliphatic carbocycles. The van der Waals surface area contributed by atoms with E-state index in [4.69, 9.17) is 9.84 Å². The molecule has 15 heavy (non-hydrogen) atoms. The van der Waals surface area contributed by atoms with Gasteiger partial charge in [0.2, 0.25) is 0 Å². The number of carboxylic acids is 1. The number of hydrogen-bond donors (Lipinski definition) is 2. The number of halogens is 1. The summed E-state index contributed by atoms with van der Waals surface area (Å²) < 4.78 is 18.4. The van der Waals surface area contributed by atoms with Gasteiger partial charge in [0.05, 0.1) is 23.6 Å². The minimum absolute atomic E-state index is 0.0434. The van der Waals surface area contributed by atoms with Crippen molar-refractivity contribution < 1.29 is 19.0 Å². The number of aromatic amines is 1. The Kier molecular flexibility index (Phi) is 2.07. The highest BCUT2D eigenvalue weighted by Crippen LogP contribution is 2.29. The van der Waals surface area contributed by atoms with E-state index in [2.05, 4.69) is 4.98 Å². The van der Waals surface area contributed by atoms with Gasteiger partial charge in [-0.05, 0) is 12.1 Å². The van der Waals surface area contributed by atoms with Crippen LogP contribution in [0.4, 0.5) is 4.39 Å². The number of carbonyl (C=O) groups is 1. The predicted molar refractivity (Wildman–Crippen MR) is 51.8 cm³/mol. The Morgan fingerprint density at radius 3 is 2.87 bits per heavy atom. The molecule has 0 unspecified atom stereocenters. The SMILES string of the molecule is COc1ccc(F)c2c(C(=O)O)c[nH]c12. The first-order valence-corrected chi connectivity index (χ1v) is 4.22. The highest BCUT2D eigenvalue weighted by atomic mass is 19.1. The van der Waals surface area contributed by atoms with E-state index in [0.717, 1.165) is 0 Å². The lowest BCUT2D eigenvalue weighted by molar-refractivity contribution is 0.0699. The van der Waals surface area contributed by atoms with Gasteiger partial charge >= 0.3 is 5.97 Å². The average molecular weight is 209 g/mol. The Labute approximate surface area is 84.3 Å². The minimum Gasteiger partial charge on any atom is -0.495 e. The van der Waals surface area contributed by atoms with Crippen LogP contribution < -0.4 is 4.74 Å². The molecule has 0 saturated carbocycles. The minimum atomic E-state index is -1.17. The van der Waals surface area contributed by atoms with Crippen LogP contribution in [0.1, 0.15) is 10.4 Å². The number of carboxylic acid groups (broad SMARTS) is 1. The number of nitrogens with one attached hydrogen (secondary N) is 1. The maximum Gasteiger partial charge on any atom is 0.337 e. The summed E-state index contributed by atoms with van der Waals surface area (Å²) in [5.74, 6) is -1.34. The lowest BCUT2D eigenvalue weighted by Crippen LogP contribution is -1.95. The van der Waals surface area contributed by atoms with Gasteiger partial charge < -0.3 is 14.8 Å². The molecular weight excluding hydrogens is 201 g/mol. The monoisotopic (exact) mass is 209 g/mol. The maximum atomic E-state index is 13.4. The van der Waals surface area contributed by atoms with Crippen molar-refractivity contribution >= 4 is 16.9 Å². The van der Waals surface area contributed by atoms with E-state index in [1.807, 2.05) is 0 Å². The second kappa shape index (κ2) is 3.27. The lowest BCUT2D eigenvalue weighted by Gasteiger charge is -2.02. The van der Waals surface area contributed by atoms with Crippen molar-refractivity contribution in [1.82, 2.24) is 4.98 Å². The predicted octanol–water partition coefficient (Wildman–Crippen LogP) is 2.01. The molecule has 1 aromatic heterocycles. The third-order valence-electron chi connectivity index (χ3n) is 2.20. The Morgan fingerprint density at radius 1 is 1.53 bits per heavy atom. The van der Waals surface area contributed by atoms with Gasteiger partial charge in [0.25, 0.3) is 0 Å². The molecule has 0 fully saturated rings. The summed E-state index contributed by atoms with van der Waals surface area (Å²) in [5.41, 5.74) is 0.260. The first-order chi connectivity index (χ1) is 7.15. The molecular formula is C10H8FNO3. The molecule has 1 heterocycles. The van der Waals surface area contributed by atoms with E-state index in [1.54, 1.807) is 0 Å². The van der Waals surface area contributed by atoms with E-state index < -0.39 is 11.8 Å². The molecule has 0 aliphatic heterocycles. The number of benzene rings is 1. The third kappa shape index (κ3) is 1.32. The fourth-order valence-electron chi connectivity index (χ4n) is 1.52. The second-order valence-electron chi connectivity index (χ2n) is 3.01. The molecule has 0 radical (unpaired) electrons. The molecule has 5 heteroatoms. The van der Waals surface area contributed by atoms with Crippen molar-refractivity contribution in [2.45, 2.75) is 0 Å². The van der Waals surface area contributed by atoms with Crippen molar-refractivity contribution in [1.29, 1.82) is 0 Å². The van der Waals surface area contributed by atoms with Crippen LogP contribution in [0.5, 0.6) is 5.75 Å². The second-order valence-corrected chi connectivity index (χ2v) is 3.01. The van der Waals surface area contributed by atoms with Crippen LogP contribution in [0, 0.1) is 5.82 Å². The molecule has 4 nitrogen and oxygen atoms in total. The Balaban J connectivity index is 2.84. The molecule has 2 N–H and O–H groups in total. The first-order valence-electron chi connectivity index (χ1n) is 4.22. The van der Waals surface area contributed by atoms with Crippen molar-refractivity contribution in [3.05, 3.63) is 29.7 Å². The number of ether oxygens (including phenoxy) is 1. The summed E-state index contributed by atoms with van der Waals surface area (Å²) in [6, 6.07) is 2.63. The molecule has 2 rings (SSSR count). The normalized spacial score (nSPS) is 10.5. The van der Waals surface area contributed by atoms with Gasteiger partial charge in [-0.3, -0.25) is 0 Å². The fraction of sp³-hybridized carbons (Fsp3) is 0.100. The van der Waals surface area contributed by atoms with Crippen molar-refractivity contribution in [3.63, 3.8) is 0 Å². The Hall–Kier alpha value is -2.04. The average Bonchev–Trinajstić information content (AvgIpc) is 2.63. The van der Waals surface area contributed by atoms with E-state index in [0.29, 0.717) is 11.3 Å². The quantitative estimate of drug-likeness (QED) is 0.795. The fourth-order valence-corrected chi connectivity index (χ4v) is 1.52. The van der Waals surface area contributed by atoms with Crippen LogP contribution in [-0.2, 0) is 0 Å². The van der Waals surface area contributed by atoms with E-state index in [-0.39, 0.29) is 10.9 Å². The Bertz CT molecular complexity index is 533. The van der Waals surface area contributed by atoms with Crippen LogP contribution in [0.3, 0.4) is 0 Å². The van der Waals surface area contributed by atoms with Gasteiger partial charge in [0.15, 0.2) is 0 Å². The summed E-state index contributed by atoms with van der Waals surface area (Å²) >= 11 is 0. The number of fused-ring (bicyclic) bond motifs is 1. The number of rotatable bonds is 2. The molecule has 1 aromatic carbocycles. The number of methoxy groups -OCH3 is 1. The zero-order valence-corrected chi connectivity index (χ0v) is 7.87. The van der Waals surface area contributed by atoms with Crippen molar-refractivity contribution in [3.8, 4) is 5.75 Å². The smallest absolute Gasteiger partial charge is 0.337 e. The number of aromatic carboxylic acids is 1. The summed E-state index contributed by atoms with van der Waals surface area (Å²) in [4.78, 5) is 13.5. The van der Waals surface area contributed by atoms with Crippen molar-refractivity contribution in [2.75, 3.05) is 7.11 Å². The van der Waals surface area contributed by atoms with Crippen LogP contribution in [0.15, 0.2) is 18.3 Å². The molecule has 0 atom stereocenters. The Morgan fingerprint density at radius 2 is 2.27 bits per heavy atom. The van der Waals surface area contributed by atoms with Gasteiger partial charge in [-0.25, -0.2) is 9.18 Å². The molecule has 78 valence electrons. The number of hydrogen-bond acceptors (Lipinski definition) is 2. The summed E-state index contributed by atoms with van der Waals surface area (Å²) in [6.45, 7) is 0. The molecule has 0 saturated heterocycles. The van der Waals surface area contributed by atoms with E-state index in [9.17, 15) is 9.18 Å². The summed E-state index contributed by atoms with van der Waals surface area (Å²) in [5, 5.41) is 8.88. The summed E-state index contributed by atoms with van der Waals surface area (Å²) in [6.07, 6.45) is 1.25. The standard InChI is InChI=1S/C10H8FNO3/c1-15-7-3-2-6(11)8-5(10(13)14)4-12-9(7)8/h2-4,12H,1H3,(H,13,14). The number of aromatic nitrogens is 1. The van der Waals surface area contributed by atoms with Crippen LogP contribution in [0.2, 0.25) is 0 Å². The van der Waals surface area contributed by atoms with Crippen LogP contribution in [-0.4, -0.2) is 23.2 Å². The third-order valence-corrected chi connectivity index (χ3v) is 2.20. The van der Waals surface area contributed by atoms with E-state index in [1.165, 1.54) is 25.4 Å². The molecule has 0 amide bonds. The van der Waals surface area contributed by atoms with Gasteiger partial charge in [0, 0.05) is 6.20 Å². The largest absolute Gasteiger partial charge is 0.495 e.